The van der Waals surface area contributed by atoms with Gasteiger partial charge in [-0.2, -0.15) is 0 Å². The lowest BCUT2D eigenvalue weighted by Gasteiger charge is -2.22. The molecule has 2 aromatic heterocycles. The number of aryl methyl sites for hydroxylation is 2. The van der Waals surface area contributed by atoms with Crippen LogP contribution in [0.1, 0.15) is 65.7 Å². The summed E-state index contributed by atoms with van der Waals surface area (Å²) >= 11 is 0. The van der Waals surface area contributed by atoms with E-state index >= 15 is 0 Å². The minimum Gasteiger partial charge on any atom is -0.307 e. The van der Waals surface area contributed by atoms with Gasteiger partial charge >= 0.3 is 0 Å². The summed E-state index contributed by atoms with van der Waals surface area (Å²) in [5.41, 5.74) is 8.43. The standard InChI is InChI=1S/C36H38N4O/c1-25-10-14-27(15-11-25)23-31(20-21-32(41)24-30-7-5-6-22-38-30)39-33-8-3-4-9-34(33)40(36(39)37)35(29-18-19-29)28-16-12-26(2)13-17-28/h3-17,22,29,31,35,37H,18-21,23-24H2,1-2H3/t31-,35?/m1/s1. The molecule has 3 aromatic carbocycles. The monoisotopic (exact) mass is 542 g/mol. The number of pyridine rings is 1. The fourth-order valence-corrected chi connectivity index (χ4v) is 6.11. The van der Waals surface area contributed by atoms with Gasteiger partial charge < -0.3 is 9.13 Å². The van der Waals surface area contributed by atoms with Crippen LogP contribution in [0.15, 0.2) is 97.2 Å². The van der Waals surface area contributed by atoms with Gasteiger partial charge in [-0.25, -0.2) is 0 Å². The molecule has 0 radical (unpaired) electrons. The zero-order valence-electron chi connectivity index (χ0n) is 24.0. The third-order valence-electron chi connectivity index (χ3n) is 8.44. The number of hydrogen-bond acceptors (Lipinski definition) is 3. The lowest BCUT2D eigenvalue weighted by molar-refractivity contribution is -0.118. The summed E-state index contributed by atoms with van der Waals surface area (Å²) in [7, 11) is 0. The van der Waals surface area contributed by atoms with E-state index in [0.29, 0.717) is 30.8 Å². The molecule has 1 N–H and O–H groups in total. The van der Waals surface area contributed by atoms with Gasteiger partial charge in [0, 0.05) is 30.8 Å². The van der Waals surface area contributed by atoms with Crippen molar-refractivity contribution in [2.45, 2.75) is 64.5 Å². The van der Waals surface area contributed by atoms with E-state index in [4.69, 9.17) is 0 Å². The van der Waals surface area contributed by atoms with Crippen molar-refractivity contribution < 1.29 is 4.79 Å². The number of para-hydroxylation sites is 2. The molecule has 1 aliphatic rings. The van der Waals surface area contributed by atoms with E-state index < -0.39 is 0 Å². The smallest absolute Gasteiger partial charge is 0.203 e. The van der Waals surface area contributed by atoms with Gasteiger partial charge in [-0.3, -0.25) is 15.2 Å². The molecular weight excluding hydrogens is 504 g/mol. The predicted octanol–water partition coefficient (Wildman–Crippen LogP) is 7.31. The number of ketones is 1. The van der Waals surface area contributed by atoms with Gasteiger partial charge in [-0.05, 0) is 80.8 Å². The van der Waals surface area contributed by atoms with Crippen LogP contribution in [0.5, 0.6) is 0 Å². The lowest BCUT2D eigenvalue weighted by atomic mass is 9.98. The van der Waals surface area contributed by atoms with Crippen LogP contribution in [0, 0.1) is 25.2 Å². The number of carbonyl (C=O) groups is 1. The van der Waals surface area contributed by atoms with Crippen LogP contribution < -0.4 is 5.62 Å². The first-order valence-corrected chi connectivity index (χ1v) is 14.8. The van der Waals surface area contributed by atoms with Crippen molar-refractivity contribution in [2.75, 3.05) is 0 Å². The van der Waals surface area contributed by atoms with Gasteiger partial charge in [0.25, 0.3) is 0 Å². The molecule has 0 spiro atoms. The summed E-state index contributed by atoms with van der Waals surface area (Å²) in [6.07, 6.45) is 6.32. The van der Waals surface area contributed by atoms with Crippen molar-refractivity contribution in [3.63, 3.8) is 0 Å². The molecule has 0 amide bonds. The molecular formula is C36H38N4O. The maximum absolute atomic E-state index is 13.1. The number of carbonyl (C=O) groups excluding carboxylic acids is 1. The Balaban J connectivity index is 1.40. The molecule has 2 atom stereocenters. The quantitative estimate of drug-likeness (QED) is 0.190. The maximum atomic E-state index is 13.1. The summed E-state index contributed by atoms with van der Waals surface area (Å²) < 4.78 is 4.46. The molecule has 0 aliphatic heterocycles. The zero-order valence-corrected chi connectivity index (χ0v) is 24.0. The van der Waals surface area contributed by atoms with Crippen molar-refractivity contribution in [1.82, 2.24) is 14.1 Å². The summed E-state index contributed by atoms with van der Waals surface area (Å²) in [6.45, 7) is 4.22. The summed E-state index contributed by atoms with van der Waals surface area (Å²) in [6, 6.07) is 31.7. The van der Waals surface area contributed by atoms with Crippen LogP contribution >= 0.6 is 0 Å². The molecule has 208 valence electrons. The fraction of sp³-hybridized carbons (Fsp3) is 0.306. The molecule has 0 bridgehead atoms. The Hall–Kier alpha value is -4.25. The first-order valence-electron chi connectivity index (χ1n) is 14.8. The molecule has 1 aliphatic carbocycles. The normalized spacial score (nSPS) is 14.7. The van der Waals surface area contributed by atoms with E-state index in [0.717, 1.165) is 23.1 Å². The number of aromatic nitrogens is 3. The van der Waals surface area contributed by atoms with Crippen molar-refractivity contribution in [3.8, 4) is 0 Å². The number of hydrogen-bond donors (Lipinski definition) is 1. The van der Waals surface area contributed by atoms with Crippen LogP contribution in [0.3, 0.4) is 0 Å². The van der Waals surface area contributed by atoms with Crippen molar-refractivity contribution in [1.29, 1.82) is 5.41 Å². The van der Waals surface area contributed by atoms with Crippen LogP contribution in [-0.4, -0.2) is 19.9 Å². The summed E-state index contributed by atoms with van der Waals surface area (Å²) in [5.74, 6) is 0.713. The number of benzene rings is 3. The highest BCUT2D eigenvalue weighted by Crippen LogP contribution is 2.44. The molecule has 6 rings (SSSR count). The number of nitrogens with zero attached hydrogens (tertiary/aromatic N) is 3. The van der Waals surface area contributed by atoms with E-state index in [-0.39, 0.29) is 17.9 Å². The second-order valence-electron chi connectivity index (χ2n) is 11.7. The number of imidazole rings is 1. The zero-order chi connectivity index (χ0) is 28.3. The van der Waals surface area contributed by atoms with Gasteiger partial charge in [0.05, 0.1) is 17.1 Å². The highest BCUT2D eigenvalue weighted by atomic mass is 16.1. The van der Waals surface area contributed by atoms with E-state index in [1.165, 1.54) is 35.1 Å². The Morgan fingerprint density at radius 3 is 2.12 bits per heavy atom. The van der Waals surface area contributed by atoms with Crippen LogP contribution in [-0.2, 0) is 17.6 Å². The van der Waals surface area contributed by atoms with Crippen molar-refractivity contribution >= 4 is 16.8 Å². The van der Waals surface area contributed by atoms with Gasteiger partial charge in [0.1, 0.15) is 5.78 Å². The Morgan fingerprint density at radius 2 is 1.49 bits per heavy atom. The van der Waals surface area contributed by atoms with E-state index in [1.807, 2.05) is 18.2 Å². The van der Waals surface area contributed by atoms with Crippen molar-refractivity contribution in [2.24, 2.45) is 5.92 Å². The van der Waals surface area contributed by atoms with E-state index in [9.17, 15) is 10.2 Å². The van der Waals surface area contributed by atoms with Gasteiger partial charge in [0.2, 0.25) is 5.62 Å². The molecule has 5 aromatic rings. The van der Waals surface area contributed by atoms with E-state index in [2.05, 4.69) is 101 Å². The number of nitrogens with one attached hydrogen (secondary N) is 1. The highest BCUT2D eigenvalue weighted by Gasteiger charge is 2.36. The Labute approximate surface area is 242 Å². The third kappa shape index (κ3) is 5.95. The molecule has 5 heteroatoms. The number of fused-ring (bicyclic) bond motifs is 1. The molecule has 1 fully saturated rings. The average Bonchev–Trinajstić information content (AvgIpc) is 3.78. The average molecular weight is 543 g/mol. The molecule has 41 heavy (non-hydrogen) atoms. The summed E-state index contributed by atoms with van der Waals surface area (Å²) in [5, 5.41) is 9.64. The van der Waals surface area contributed by atoms with Crippen LogP contribution in [0.4, 0.5) is 0 Å². The molecule has 0 saturated heterocycles. The van der Waals surface area contributed by atoms with Gasteiger partial charge in [-0.1, -0.05) is 77.9 Å². The molecule has 1 unspecified atom stereocenters. The first-order chi connectivity index (χ1) is 20.0. The highest BCUT2D eigenvalue weighted by molar-refractivity contribution is 5.80. The van der Waals surface area contributed by atoms with Crippen LogP contribution in [0.2, 0.25) is 0 Å². The minimum absolute atomic E-state index is 0.0260. The van der Waals surface area contributed by atoms with Gasteiger partial charge in [-0.15, -0.1) is 0 Å². The Bertz CT molecular complexity index is 1690. The molecule has 5 nitrogen and oxygen atoms in total. The topological polar surface area (TPSA) is 63.7 Å². The summed E-state index contributed by atoms with van der Waals surface area (Å²) in [4.78, 5) is 17.5. The third-order valence-corrected chi connectivity index (χ3v) is 8.44. The van der Waals surface area contributed by atoms with E-state index in [1.54, 1.807) is 6.20 Å². The SMILES string of the molecule is Cc1ccc(C[C@@H](CCC(=O)Cc2ccccn2)n2c(=N)n(C(c3ccc(C)cc3)C3CC3)c3ccccc32)cc1. The fourth-order valence-electron chi connectivity index (χ4n) is 6.11. The molecule has 2 heterocycles. The number of rotatable bonds is 11. The Kier molecular flexibility index (Phi) is 7.69. The first kappa shape index (κ1) is 26.9. The largest absolute Gasteiger partial charge is 0.307 e. The number of Topliss-reactive ketones (excluding diaryl/α,β-unsaturated/α-hetero) is 1. The Morgan fingerprint density at radius 1 is 0.854 bits per heavy atom. The van der Waals surface area contributed by atoms with Crippen molar-refractivity contribution in [3.05, 3.63) is 131 Å². The predicted molar refractivity (Wildman–Crippen MR) is 164 cm³/mol. The second-order valence-corrected chi connectivity index (χ2v) is 11.7. The maximum Gasteiger partial charge on any atom is 0.203 e. The lowest BCUT2D eigenvalue weighted by Crippen LogP contribution is -2.32. The minimum atomic E-state index is -0.0260. The molecule has 1 saturated carbocycles. The second kappa shape index (κ2) is 11.7. The van der Waals surface area contributed by atoms with Crippen LogP contribution in [0.25, 0.3) is 11.0 Å². The van der Waals surface area contributed by atoms with Gasteiger partial charge in [0.15, 0.2) is 0 Å².